The molecule has 1 aromatic carbocycles. The van der Waals surface area contributed by atoms with Crippen LogP contribution in [0.4, 0.5) is 24.5 Å². The first-order valence-electron chi connectivity index (χ1n) is 6.46. The van der Waals surface area contributed by atoms with Crippen molar-refractivity contribution in [2.75, 3.05) is 12.4 Å². The molecule has 1 N–H and O–H groups in total. The van der Waals surface area contributed by atoms with Crippen molar-refractivity contribution in [1.82, 2.24) is 0 Å². The van der Waals surface area contributed by atoms with Crippen LogP contribution in [-0.4, -0.2) is 24.2 Å². The highest BCUT2D eigenvalue weighted by atomic mass is 19.4. The zero-order valence-corrected chi connectivity index (χ0v) is 11.3. The van der Waals surface area contributed by atoms with Crippen LogP contribution in [0.25, 0.3) is 0 Å². The lowest BCUT2D eigenvalue weighted by Crippen LogP contribution is -2.18. The van der Waals surface area contributed by atoms with Gasteiger partial charge in [0.15, 0.2) is 0 Å². The van der Waals surface area contributed by atoms with E-state index in [1.165, 1.54) is 0 Å². The lowest BCUT2D eigenvalue weighted by atomic mass is 10.1. The number of nitro benzene ring substituents is 1. The number of nitro groups is 1. The van der Waals surface area contributed by atoms with Gasteiger partial charge < -0.3 is 10.1 Å². The van der Waals surface area contributed by atoms with Crippen molar-refractivity contribution in [2.45, 2.75) is 37.6 Å². The minimum atomic E-state index is -4.60. The molecule has 1 aliphatic rings. The number of alkyl halides is 3. The molecule has 1 aromatic rings. The number of anilines is 1. The third-order valence-corrected chi connectivity index (χ3v) is 3.60. The van der Waals surface area contributed by atoms with Crippen molar-refractivity contribution in [2.24, 2.45) is 0 Å². The third kappa shape index (κ3) is 3.63. The van der Waals surface area contributed by atoms with E-state index in [-0.39, 0.29) is 17.8 Å². The molecule has 0 spiro atoms. The van der Waals surface area contributed by atoms with E-state index < -0.39 is 22.4 Å². The van der Waals surface area contributed by atoms with Crippen molar-refractivity contribution in [3.05, 3.63) is 33.9 Å². The number of rotatable bonds is 4. The summed E-state index contributed by atoms with van der Waals surface area (Å²) < 4.78 is 43.0. The Balaban J connectivity index is 2.21. The van der Waals surface area contributed by atoms with Crippen LogP contribution in [0.2, 0.25) is 0 Å². The van der Waals surface area contributed by atoms with Crippen molar-refractivity contribution in [1.29, 1.82) is 0 Å². The van der Waals surface area contributed by atoms with E-state index in [1.807, 2.05) is 0 Å². The molecule has 5 nitrogen and oxygen atoms in total. The Morgan fingerprint density at radius 1 is 1.38 bits per heavy atom. The highest BCUT2D eigenvalue weighted by Crippen LogP contribution is 2.36. The Bertz CT molecular complexity index is 534. The number of halogens is 3. The Kier molecular flexibility index (Phi) is 4.36. The fourth-order valence-corrected chi connectivity index (χ4v) is 2.49. The molecule has 2 rings (SSSR count). The standard InChI is InChI=1S/C13H15F3N2O3/c1-21-10-4-3-9(7-10)17-11-5-2-8(13(14,15)16)6-12(11)18(19)20/h2,5-6,9-10,17H,3-4,7H2,1H3. The molecule has 21 heavy (non-hydrogen) atoms. The Hall–Kier alpha value is -1.83. The Morgan fingerprint density at radius 2 is 2.10 bits per heavy atom. The summed E-state index contributed by atoms with van der Waals surface area (Å²) >= 11 is 0. The Labute approximate surface area is 119 Å². The van der Waals surface area contributed by atoms with Crippen LogP contribution in [0.3, 0.4) is 0 Å². The summed E-state index contributed by atoms with van der Waals surface area (Å²) in [7, 11) is 1.59. The SMILES string of the molecule is COC1CCC(Nc2ccc(C(F)(F)F)cc2[N+](=O)[O-])C1. The van der Waals surface area contributed by atoms with Crippen molar-refractivity contribution >= 4 is 11.4 Å². The fourth-order valence-electron chi connectivity index (χ4n) is 2.49. The number of methoxy groups -OCH3 is 1. The summed E-state index contributed by atoms with van der Waals surface area (Å²) in [6.07, 6.45) is -2.26. The number of ether oxygens (including phenoxy) is 1. The van der Waals surface area contributed by atoms with Gasteiger partial charge in [-0.05, 0) is 31.4 Å². The van der Waals surface area contributed by atoms with Gasteiger partial charge in [0.1, 0.15) is 5.69 Å². The van der Waals surface area contributed by atoms with E-state index in [1.54, 1.807) is 7.11 Å². The van der Waals surface area contributed by atoms with Crippen LogP contribution in [0.15, 0.2) is 18.2 Å². The fraction of sp³-hybridized carbons (Fsp3) is 0.538. The summed E-state index contributed by atoms with van der Waals surface area (Å²) in [5.74, 6) is 0. The average Bonchev–Trinajstić information content (AvgIpc) is 2.85. The molecule has 0 radical (unpaired) electrons. The number of nitrogens with zero attached hydrogens (tertiary/aromatic N) is 1. The predicted octanol–water partition coefficient (Wildman–Crippen LogP) is 3.59. The van der Waals surface area contributed by atoms with Gasteiger partial charge in [-0.25, -0.2) is 0 Å². The smallest absolute Gasteiger partial charge is 0.381 e. The molecule has 1 fully saturated rings. The van der Waals surface area contributed by atoms with Gasteiger partial charge in [0.2, 0.25) is 0 Å². The monoisotopic (exact) mass is 304 g/mol. The van der Waals surface area contributed by atoms with Crippen molar-refractivity contribution in [3.8, 4) is 0 Å². The van der Waals surface area contributed by atoms with E-state index in [2.05, 4.69) is 5.32 Å². The van der Waals surface area contributed by atoms with Gasteiger partial charge in [0.25, 0.3) is 5.69 Å². The van der Waals surface area contributed by atoms with Crippen LogP contribution in [0.5, 0.6) is 0 Å². The molecule has 0 saturated heterocycles. The van der Waals surface area contributed by atoms with Gasteiger partial charge >= 0.3 is 6.18 Å². The minimum Gasteiger partial charge on any atom is -0.381 e. The molecule has 2 atom stereocenters. The Morgan fingerprint density at radius 3 is 2.62 bits per heavy atom. The second-order valence-electron chi connectivity index (χ2n) is 5.00. The van der Waals surface area contributed by atoms with Crippen molar-refractivity contribution in [3.63, 3.8) is 0 Å². The van der Waals surface area contributed by atoms with Gasteiger partial charge in [-0.1, -0.05) is 0 Å². The highest BCUT2D eigenvalue weighted by molar-refractivity contribution is 5.63. The number of benzene rings is 1. The van der Waals surface area contributed by atoms with Gasteiger partial charge in [0.05, 0.1) is 16.6 Å². The highest BCUT2D eigenvalue weighted by Gasteiger charge is 2.33. The molecule has 0 amide bonds. The van der Waals surface area contributed by atoms with Crippen LogP contribution in [0, 0.1) is 10.1 Å². The number of hydrogen-bond donors (Lipinski definition) is 1. The first-order valence-corrected chi connectivity index (χ1v) is 6.46. The summed E-state index contributed by atoms with van der Waals surface area (Å²) in [5.41, 5.74) is -1.48. The van der Waals surface area contributed by atoms with Gasteiger partial charge in [0, 0.05) is 19.2 Å². The topological polar surface area (TPSA) is 64.4 Å². The molecule has 0 bridgehead atoms. The van der Waals surface area contributed by atoms with E-state index in [4.69, 9.17) is 4.74 Å². The molecule has 116 valence electrons. The van der Waals surface area contributed by atoms with E-state index in [9.17, 15) is 23.3 Å². The maximum atomic E-state index is 12.6. The third-order valence-electron chi connectivity index (χ3n) is 3.60. The summed E-state index contributed by atoms with van der Waals surface area (Å²) in [5, 5.41) is 13.9. The number of nitrogens with one attached hydrogen (secondary N) is 1. The largest absolute Gasteiger partial charge is 0.416 e. The van der Waals surface area contributed by atoms with Crippen LogP contribution < -0.4 is 5.32 Å². The second-order valence-corrected chi connectivity index (χ2v) is 5.00. The molecule has 2 unspecified atom stereocenters. The maximum Gasteiger partial charge on any atom is 0.416 e. The lowest BCUT2D eigenvalue weighted by molar-refractivity contribution is -0.384. The van der Waals surface area contributed by atoms with Crippen molar-refractivity contribution < 1.29 is 22.8 Å². The second kappa shape index (κ2) is 5.88. The van der Waals surface area contributed by atoms with Crippen LogP contribution in [-0.2, 0) is 10.9 Å². The molecular weight excluding hydrogens is 289 g/mol. The minimum absolute atomic E-state index is 0.0367. The van der Waals surface area contributed by atoms with Gasteiger partial charge in [-0.15, -0.1) is 0 Å². The van der Waals surface area contributed by atoms with Gasteiger partial charge in [-0.3, -0.25) is 10.1 Å². The quantitative estimate of drug-likeness (QED) is 0.682. The van der Waals surface area contributed by atoms with Gasteiger partial charge in [-0.2, -0.15) is 13.2 Å². The molecule has 1 saturated carbocycles. The molecular formula is C13H15F3N2O3. The molecule has 8 heteroatoms. The lowest BCUT2D eigenvalue weighted by Gasteiger charge is -2.15. The first kappa shape index (κ1) is 15.6. The predicted molar refractivity (Wildman–Crippen MR) is 70.2 cm³/mol. The maximum absolute atomic E-state index is 12.6. The summed E-state index contributed by atoms with van der Waals surface area (Å²) in [4.78, 5) is 10.2. The van der Waals surface area contributed by atoms with Crippen LogP contribution in [0.1, 0.15) is 24.8 Å². The van der Waals surface area contributed by atoms with E-state index >= 15 is 0 Å². The normalized spacial score (nSPS) is 22.3. The molecule has 0 heterocycles. The molecule has 0 aromatic heterocycles. The summed E-state index contributed by atoms with van der Waals surface area (Å²) in [6, 6.07) is 2.48. The zero-order chi connectivity index (χ0) is 15.6. The first-order chi connectivity index (χ1) is 9.81. The van der Waals surface area contributed by atoms with Crippen LogP contribution >= 0.6 is 0 Å². The van der Waals surface area contributed by atoms with E-state index in [0.29, 0.717) is 12.5 Å². The average molecular weight is 304 g/mol. The molecule has 1 aliphatic carbocycles. The molecule has 0 aliphatic heterocycles. The summed E-state index contributed by atoms with van der Waals surface area (Å²) in [6.45, 7) is 0. The zero-order valence-electron chi connectivity index (χ0n) is 11.3. The van der Waals surface area contributed by atoms with E-state index in [0.717, 1.165) is 25.0 Å². The number of hydrogen-bond acceptors (Lipinski definition) is 4.